The van der Waals surface area contributed by atoms with E-state index < -0.39 is 0 Å². The fourth-order valence-corrected chi connectivity index (χ4v) is 1.72. The molecule has 0 aromatic heterocycles. The molecule has 0 amide bonds. The van der Waals surface area contributed by atoms with Crippen LogP contribution >= 0.6 is 0 Å². The lowest BCUT2D eigenvalue weighted by molar-refractivity contribution is 0.301. The molecule has 13 heavy (non-hydrogen) atoms. The number of hydrogen-bond donors (Lipinski definition) is 0. The summed E-state index contributed by atoms with van der Waals surface area (Å²) in [6.07, 6.45) is 11.1. The van der Waals surface area contributed by atoms with Crippen molar-refractivity contribution < 1.29 is 4.74 Å². The van der Waals surface area contributed by atoms with Gasteiger partial charge in [-0.2, -0.15) is 0 Å². The zero-order valence-electron chi connectivity index (χ0n) is 9.27. The van der Waals surface area contributed by atoms with E-state index in [-0.39, 0.29) is 0 Å². The maximum atomic E-state index is 5.34. The highest BCUT2D eigenvalue weighted by Gasteiger charge is 2.37. The molecule has 1 aliphatic rings. The summed E-state index contributed by atoms with van der Waals surface area (Å²) in [5.74, 6) is 0. The normalized spacial score (nSPS) is 26.3. The van der Waals surface area contributed by atoms with Gasteiger partial charge in [-0.1, -0.05) is 51.9 Å². The molecule has 0 aromatic carbocycles. The molecule has 0 radical (unpaired) electrons. The highest BCUT2D eigenvalue weighted by atomic mass is 16.6. The van der Waals surface area contributed by atoms with Crippen molar-refractivity contribution >= 4 is 0 Å². The third-order valence-electron chi connectivity index (χ3n) is 2.95. The highest BCUT2D eigenvalue weighted by molar-refractivity contribution is 4.86. The van der Waals surface area contributed by atoms with Crippen molar-refractivity contribution in [3.05, 3.63) is 0 Å². The summed E-state index contributed by atoms with van der Waals surface area (Å²) in [6, 6.07) is 0. The van der Waals surface area contributed by atoms with E-state index in [9.17, 15) is 0 Å². The molecule has 1 atom stereocenters. The Balaban J connectivity index is 1.74. The standard InChI is InChI=1S/C12H24O/c1-3-4-5-6-7-8-9-10-12(2)11-13-12/h3-11H2,1-2H3. The Hall–Kier alpha value is -0.0400. The van der Waals surface area contributed by atoms with Crippen molar-refractivity contribution in [1.29, 1.82) is 0 Å². The van der Waals surface area contributed by atoms with Gasteiger partial charge in [-0.05, 0) is 13.3 Å². The van der Waals surface area contributed by atoms with Crippen LogP contribution in [0.25, 0.3) is 0 Å². The van der Waals surface area contributed by atoms with Crippen LogP contribution in [0.3, 0.4) is 0 Å². The smallest absolute Gasteiger partial charge is 0.0888 e. The second-order valence-electron chi connectivity index (χ2n) is 4.61. The van der Waals surface area contributed by atoms with Crippen molar-refractivity contribution in [2.24, 2.45) is 0 Å². The molecular weight excluding hydrogens is 160 g/mol. The molecule has 1 rings (SSSR count). The maximum Gasteiger partial charge on any atom is 0.0888 e. The Labute approximate surface area is 82.9 Å². The van der Waals surface area contributed by atoms with Gasteiger partial charge in [-0.15, -0.1) is 0 Å². The van der Waals surface area contributed by atoms with Crippen LogP contribution in [-0.2, 0) is 4.74 Å². The first-order valence-corrected chi connectivity index (χ1v) is 5.91. The second kappa shape index (κ2) is 5.64. The zero-order chi connectivity index (χ0) is 9.57. The molecule has 0 saturated carbocycles. The molecule has 1 nitrogen and oxygen atoms in total. The van der Waals surface area contributed by atoms with Crippen LogP contribution in [-0.4, -0.2) is 12.2 Å². The molecule has 1 fully saturated rings. The number of unbranched alkanes of at least 4 members (excludes halogenated alkanes) is 6. The second-order valence-corrected chi connectivity index (χ2v) is 4.61. The number of epoxide rings is 1. The lowest BCUT2D eigenvalue weighted by Gasteiger charge is -2.04. The molecule has 1 aliphatic heterocycles. The quantitative estimate of drug-likeness (QED) is 0.411. The van der Waals surface area contributed by atoms with E-state index in [1.165, 1.54) is 51.4 Å². The van der Waals surface area contributed by atoms with Gasteiger partial charge < -0.3 is 4.74 Å². The summed E-state index contributed by atoms with van der Waals surface area (Å²) in [4.78, 5) is 0. The molecule has 1 unspecified atom stereocenters. The van der Waals surface area contributed by atoms with E-state index >= 15 is 0 Å². The van der Waals surface area contributed by atoms with Crippen molar-refractivity contribution in [3.8, 4) is 0 Å². The fraction of sp³-hybridized carbons (Fsp3) is 1.00. The van der Waals surface area contributed by atoms with Gasteiger partial charge in [-0.3, -0.25) is 0 Å². The first-order chi connectivity index (χ1) is 6.27. The summed E-state index contributed by atoms with van der Waals surface area (Å²) in [5, 5.41) is 0. The minimum atomic E-state index is 0.295. The molecule has 1 saturated heterocycles. The zero-order valence-corrected chi connectivity index (χ0v) is 9.27. The molecule has 78 valence electrons. The molecule has 1 heterocycles. The van der Waals surface area contributed by atoms with Crippen molar-refractivity contribution in [1.82, 2.24) is 0 Å². The minimum Gasteiger partial charge on any atom is -0.370 e. The van der Waals surface area contributed by atoms with Gasteiger partial charge in [0.15, 0.2) is 0 Å². The van der Waals surface area contributed by atoms with Gasteiger partial charge in [0.2, 0.25) is 0 Å². The SMILES string of the molecule is CCCCCCCCCC1(C)CO1. The van der Waals surface area contributed by atoms with E-state index in [1.54, 1.807) is 0 Å². The monoisotopic (exact) mass is 184 g/mol. The number of hydrogen-bond acceptors (Lipinski definition) is 1. The van der Waals surface area contributed by atoms with Crippen LogP contribution in [0.4, 0.5) is 0 Å². The van der Waals surface area contributed by atoms with E-state index in [0.29, 0.717) is 5.60 Å². The summed E-state index contributed by atoms with van der Waals surface area (Å²) in [5.41, 5.74) is 0.295. The number of rotatable bonds is 8. The Morgan fingerprint density at radius 1 is 1.00 bits per heavy atom. The Morgan fingerprint density at radius 3 is 2.08 bits per heavy atom. The lowest BCUT2D eigenvalue weighted by atomic mass is 10.0. The number of ether oxygens (including phenoxy) is 1. The molecular formula is C12H24O. The minimum absolute atomic E-state index is 0.295. The largest absolute Gasteiger partial charge is 0.370 e. The Kier molecular flexibility index (Phi) is 4.79. The predicted molar refractivity (Wildman–Crippen MR) is 57.0 cm³/mol. The fourth-order valence-electron chi connectivity index (χ4n) is 1.72. The first-order valence-electron chi connectivity index (χ1n) is 5.91. The molecule has 0 bridgehead atoms. The predicted octanol–water partition coefficient (Wildman–Crippen LogP) is 3.92. The van der Waals surface area contributed by atoms with Crippen molar-refractivity contribution in [2.45, 2.75) is 70.8 Å². The van der Waals surface area contributed by atoms with Crippen LogP contribution < -0.4 is 0 Å². The van der Waals surface area contributed by atoms with E-state index in [4.69, 9.17) is 4.74 Å². The van der Waals surface area contributed by atoms with Gasteiger partial charge in [0.05, 0.1) is 12.2 Å². The third-order valence-corrected chi connectivity index (χ3v) is 2.95. The van der Waals surface area contributed by atoms with E-state index in [2.05, 4.69) is 13.8 Å². The van der Waals surface area contributed by atoms with Crippen LogP contribution in [0.15, 0.2) is 0 Å². The van der Waals surface area contributed by atoms with Crippen LogP contribution in [0.1, 0.15) is 65.2 Å². The summed E-state index contributed by atoms with van der Waals surface area (Å²) in [6.45, 7) is 5.50. The lowest BCUT2D eigenvalue weighted by Crippen LogP contribution is -2.02. The van der Waals surface area contributed by atoms with Gasteiger partial charge in [-0.25, -0.2) is 0 Å². The van der Waals surface area contributed by atoms with Crippen LogP contribution in [0.2, 0.25) is 0 Å². The average molecular weight is 184 g/mol. The first kappa shape index (κ1) is 11.0. The van der Waals surface area contributed by atoms with Crippen LogP contribution in [0.5, 0.6) is 0 Å². The van der Waals surface area contributed by atoms with Gasteiger partial charge >= 0.3 is 0 Å². The highest BCUT2D eigenvalue weighted by Crippen LogP contribution is 2.31. The summed E-state index contributed by atoms with van der Waals surface area (Å²) < 4.78 is 5.34. The van der Waals surface area contributed by atoms with Crippen LogP contribution in [0, 0.1) is 0 Å². The molecule has 0 aliphatic carbocycles. The van der Waals surface area contributed by atoms with E-state index in [0.717, 1.165) is 6.61 Å². The topological polar surface area (TPSA) is 12.5 Å². The molecule has 1 heteroatoms. The Morgan fingerprint density at radius 2 is 1.54 bits per heavy atom. The molecule has 0 aromatic rings. The average Bonchev–Trinajstić information content (AvgIpc) is 2.83. The van der Waals surface area contributed by atoms with Gasteiger partial charge in [0.25, 0.3) is 0 Å². The maximum absolute atomic E-state index is 5.34. The Bertz CT molecular complexity index is 127. The summed E-state index contributed by atoms with van der Waals surface area (Å²) >= 11 is 0. The van der Waals surface area contributed by atoms with Gasteiger partial charge in [0, 0.05) is 0 Å². The van der Waals surface area contributed by atoms with E-state index in [1.807, 2.05) is 0 Å². The van der Waals surface area contributed by atoms with Gasteiger partial charge in [0.1, 0.15) is 0 Å². The van der Waals surface area contributed by atoms with Crippen molar-refractivity contribution in [3.63, 3.8) is 0 Å². The summed E-state index contributed by atoms with van der Waals surface area (Å²) in [7, 11) is 0. The molecule has 0 N–H and O–H groups in total. The molecule has 0 spiro atoms. The van der Waals surface area contributed by atoms with Crippen molar-refractivity contribution in [2.75, 3.05) is 6.61 Å². The third kappa shape index (κ3) is 5.30.